The van der Waals surface area contributed by atoms with Gasteiger partial charge in [-0.1, -0.05) is 23.7 Å². The molecule has 2 aromatic carbocycles. The summed E-state index contributed by atoms with van der Waals surface area (Å²) in [4.78, 5) is 0. The number of hydrogen-bond acceptors (Lipinski definition) is 3. The van der Waals surface area contributed by atoms with E-state index in [2.05, 4.69) is 0 Å². The molecule has 0 heterocycles. The number of methoxy groups -OCH3 is 2. The maximum Gasteiger partial charge on any atom is 0.168 e. The van der Waals surface area contributed by atoms with Crippen LogP contribution in [0.3, 0.4) is 0 Å². The smallest absolute Gasteiger partial charge is 0.168 e. The molecule has 2 aromatic rings. The lowest BCUT2D eigenvalue weighted by Gasteiger charge is -2.18. The molecule has 2 N–H and O–H groups in total. The topological polar surface area (TPSA) is 44.5 Å². The van der Waals surface area contributed by atoms with Crippen molar-refractivity contribution < 1.29 is 9.47 Å². The van der Waals surface area contributed by atoms with Gasteiger partial charge < -0.3 is 15.2 Å². The van der Waals surface area contributed by atoms with Crippen LogP contribution in [0.1, 0.15) is 24.1 Å². The van der Waals surface area contributed by atoms with Gasteiger partial charge in [0.05, 0.1) is 14.2 Å². The van der Waals surface area contributed by atoms with Gasteiger partial charge in [-0.3, -0.25) is 0 Å². The van der Waals surface area contributed by atoms with Gasteiger partial charge in [-0.15, -0.1) is 0 Å². The summed E-state index contributed by atoms with van der Waals surface area (Å²) >= 11 is 6.24. The number of ether oxygens (including phenoxy) is 2. The molecule has 4 heteroatoms. The normalized spacial score (nSPS) is 12.1. The highest BCUT2D eigenvalue weighted by molar-refractivity contribution is 6.31. The van der Waals surface area contributed by atoms with Gasteiger partial charge in [-0.25, -0.2) is 0 Å². The summed E-state index contributed by atoms with van der Waals surface area (Å²) in [5.74, 6) is 1.36. The van der Waals surface area contributed by atoms with Gasteiger partial charge in [0.15, 0.2) is 11.5 Å². The van der Waals surface area contributed by atoms with Crippen LogP contribution in [0.2, 0.25) is 5.02 Å². The van der Waals surface area contributed by atoms with E-state index in [0.717, 1.165) is 27.3 Å². The molecule has 0 saturated carbocycles. The van der Waals surface area contributed by atoms with Crippen molar-refractivity contribution in [2.24, 2.45) is 5.73 Å². The first-order chi connectivity index (χ1) is 9.99. The average Bonchev–Trinajstić information content (AvgIpc) is 2.48. The van der Waals surface area contributed by atoms with E-state index in [-0.39, 0.29) is 6.04 Å². The van der Waals surface area contributed by atoms with Gasteiger partial charge in [0, 0.05) is 16.6 Å². The molecule has 3 nitrogen and oxygen atoms in total. The van der Waals surface area contributed by atoms with Crippen molar-refractivity contribution in [1.29, 1.82) is 0 Å². The van der Waals surface area contributed by atoms with Crippen LogP contribution in [0.4, 0.5) is 0 Å². The summed E-state index contributed by atoms with van der Waals surface area (Å²) in [6.07, 6.45) is 0. The largest absolute Gasteiger partial charge is 0.493 e. The Morgan fingerprint density at radius 2 is 1.81 bits per heavy atom. The SMILES string of the molecule is COc1cc(C(C)N)cc(-c2cccc(Cl)c2C)c1OC. The van der Waals surface area contributed by atoms with E-state index < -0.39 is 0 Å². The molecular weight excluding hydrogens is 286 g/mol. The Kier molecular flexibility index (Phi) is 4.76. The lowest BCUT2D eigenvalue weighted by molar-refractivity contribution is 0.355. The van der Waals surface area contributed by atoms with Crippen LogP contribution in [-0.2, 0) is 0 Å². The van der Waals surface area contributed by atoms with Crippen molar-refractivity contribution in [2.45, 2.75) is 19.9 Å². The predicted octanol–water partition coefficient (Wildman–Crippen LogP) is 4.35. The number of rotatable bonds is 4. The monoisotopic (exact) mass is 305 g/mol. The summed E-state index contributed by atoms with van der Waals surface area (Å²) in [6, 6.07) is 9.67. The maximum absolute atomic E-state index is 6.24. The van der Waals surface area contributed by atoms with E-state index in [9.17, 15) is 0 Å². The third kappa shape index (κ3) is 2.99. The molecule has 0 aromatic heterocycles. The Hall–Kier alpha value is -1.71. The minimum absolute atomic E-state index is 0.0944. The predicted molar refractivity (Wildman–Crippen MR) is 87.3 cm³/mol. The van der Waals surface area contributed by atoms with Crippen molar-refractivity contribution in [3.63, 3.8) is 0 Å². The Morgan fingerprint density at radius 3 is 2.38 bits per heavy atom. The van der Waals surface area contributed by atoms with E-state index in [4.69, 9.17) is 26.8 Å². The number of nitrogens with two attached hydrogens (primary N) is 1. The van der Waals surface area contributed by atoms with Gasteiger partial charge in [0.1, 0.15) is 0 Å². The second-order valence-corrected chi connectivity index (χ2v) is 5.41. The standard InChI is InChI=1S/C17H20ClNO2/c1-10-13(6-5-7-15(10)18)14-8-12(11(2)19)9-16(20-3)17(14)21-4/h5-9,11H,19H2,1-4H3. The van der Waals surface area contributed by atoms with Crippen LogP contribution >= 0.6 is 11.6 Å². The highest BCUT2D eigenvalue weighted by atomic mass is 35.5. The van der Waals surface area contributed by atoms with Gasteiger partial charge in [0.2, 0.25) is 0 Å². The lowest BCUT2D eigenvalue weighted by Crippen LogP contribution is -2.06. The van der Waals surface area contributed by atoms with Crippen molar-refractivity contribution >= 4 is 11.6 Å². The first-order valence-corrected chi connectivity index (χ1v) is 7.14. The van der Waals surface area contributed by atoms with Crippen LogP contribution in [0.25, 0.3) is 11.1 Å². The van der Waals surface area contributed by atoms with Crippen molar-refractivity contribution in [3.8, 4) is 22.6 Å². The van der Waals surface area contributed by atoms with Crippen LogP contribution in [-0.4, -0.2) is 14.2 Å². The third-order valence-electron chi connectivity index (χ3n) is 3.58. The quantitative estimate of drug-likeness (QED) is 0.913. The molecule has 112 valence electrons. The molecule has 0 saturated heterocycles. The van der Waals surface area contributed by atoms with Crippen LogP contribution in [0.5, 0.6) is 11.5 Å². The van der Waals surface area contributed by atoms with Gasteiger partial charge in [-0.2, -0.15) is 0 Å². The Labute approximate surface area is 130 Å². The minimum Gasteiger partial charge on any atom is -0.493 e. The van der Waals surface area contributed by atoms with Crippen LogP contribution in [0, 0.1) is 6.92 Å². The Balaban J connectivity index is 2.76. The average molecular weight is 306 g/mol. The molecular formula is C17H20ClNO2. The molecule has 1 atom stereocenters. The fourth-order valence-electron chi connectivity index (χ4n) is 2.35. The first kappa shape index (κ1) is 15.7. The van der Waals surface area contributed by atoms with E-state index in [0.29, 0.717) is 11.5 Å². The number of halogens is 1. The summed E-state index contributed by atoms with van der Waals surface area (Å²) in [5.41, 5.74) is 9.96. The highest BCUT2D eigenvalue weighted by Crippen LogP contribution is 2.42. The number of hydrogen-bond donors (Lipinski definition) is 1. The van der Waals surface area contributed by atoms with E-state index in [1.807, 2.05) is 44.2 Å². The van der Waals surface area contributed by atoms with Gasteiger partial charge in [-0.05, 0) is 48.7 Å². The zero-order valence-electron chi connectivity index (χ0n) is 12.7. The molecule has 0 aliphatic rings. The van der Waals surface area contributed by atoms with Crippen molar-refractivity contribution in [1.82, 2.24) is 0 Å². The molecule has 1 unspecified atom stereocenters. The summed E-state index contributed by atoms with van der Waals surface area (Å²) in [5, 5.41) is 0.722. The van der Waals surface area contributed by atoms with E-state index in [1.165, 1.54) is 0 Å². The third-order valence-corrected chi connectivity index (χ3v) is 3.99. The fourth-order valence-corrected chi connectivity index (χ4v) is 2.52. The molecule has 0 aliphatic heterocycles. The van der Waals surface area contributed by atoms with Crippen molar-refractivity contribution in [2.75, 3.05) is 14.2 Å². The second-order valence-electron chi connectivity index (χ2n) is 5.01. The van der Waals surface area contributed by atoms with E-state index >= 15 is 0 Å². The first-order valence-electron chi connectivity index (χ1n) is 6.76. The van der Waals surface area contributed by atoms with Gasteiger partial charge in [0.25, 0.3) is 0 Å². The van der Waals surface area contributed by atoms with E-state index in [1.54, 1.807) is 14.2 Å². The molecule has 0 aliphatic carbocycles. The molecule has 2 rings (SSSR count). The second kappa shape index (κ2) is 6.37. The Bertz CT molecular complexity index is 653. The highest BCUT2D eigenvalue weighted by Gasteiger charge is 2.17. The summed E-state index contributed by atoms with van der Waals surface area (Å²) in [6.45, 7) is 3.93. The minimum atomic E-state index is -0.0944. The summed E-state index contributed by atoms with van der Waals surface area (Å²) in [7, 11) is 3.25. The molecule has 0 amide bonds. The molecule has 21 heavy (non-hydrogen) atoms. The maximum atomic E-state index is 6.24. The van der Waals surface area contributed by atoms with Gasteiger partial charge >= 0.3 is 0 Å². The molecule has 0 fully saturated rings. The lowest BCUT2D eigenvalue weighted by atomic mass is 9.95. The summed E-state index contributed by atoms with van der Waals surface area (Å²) < 4.78 is 11.0. The fraction of sp³-hybridized carbons (Fsp3) is 0.294. The zero-order valence-corrected chi connectivity index (χ0v) is 13.5. The Morgan fingerprint density at radius 1 is 1.10 bits per heavy atom. The molecule has 0 spiro atoms. The van der Waals surface area contributed by atoms with Crippen LogP contribution in [0.15, 0.2) is 30.3 Å². The molecule has 0 bridgehead atoms. The number of benzene rings is 2. The molecule has 0 radical (unpaired) electrons. The van der Waals surface area contributed by atoms with Crippen molar-refractivity contribution in [3.05, 3.63) is 46.5 Å². The zero-order chi connectivity index (χ0) is 15.6. The van der Waals surface area contributed by atoms with Crippen LogP contribution < -0.4 is 15.2 Å².